The lowest BCUT2D eigenvalue weighted by Crippen LogP contribution is -2.34. The van der Waals surface area contributed by atoms with E-state index in [0.29, 0.717) is 0 Å². The van der Waals surface area contributed by atoms with E-state index < -0.39 is 0 Å². The molecule has 5 aromatic rings. The van der Waals surface area contributed by atoms with Gasteiger partial charge < -0.3 is 0 Å². The number of carbonyl (C=O) groups excluding carboxylic acids is 1. The zero-order valence-electron chi connectivity index (χ0n) is 23.0. The maximum atomic E-state index is 14.4. The van der Waals surface area contributed by atoms with Crippen LogP contribution in [0.1, 0.15) is 59.7 Å². The summed E-state index contributed by atoms with van der Waals surface area (Å²) in [7, 11) is 0. The molecule has 0 N–H and O–H groups in total. The fourth-order valence-corrected chi connectivity index (χ4v) is 6.25. The molecular weight excluding hydrogens is 488 g/mol. The number of rotatable bonds is 7. The molecule has 3 atom stereocenters. The highest BCUT2D eigenvalue weighted by Crippen LogP contribution is 2.51. The van der Waals surface area contributed by atoms with Crippen molar-refractivity contribution in [3.63, 3.8) is 0 Å². The molecule has 3 unspecified atom stereocenters. The molecule has 1 aromatic heterocycles. The van der Waals surface area contributed by atoms with Crippen molar-refractivity contribution in [3.8, 4) is 11.3 Å². The first-order valence-corrected chi connectivity index (χ1v) is 14.2. The van der Waals surface area contributed by atoms with Crippen LogP contribution in [0.4, 0.5) is 0 Å². The number of carbonyl (C=O) groups is 1. The van der Waals surface area contributed by atoms with Crippen molar-refractivity contribution >= 4 is 11.9 Å². The minimum absolute atomic E-state index is 0.00552. The van der Waals surface area contributed by atoms with Crippen molar-refractivity contribution in [2.24, 2.45) is 5.92 Å². The second-order valence-electron chi connectivity index (χ2n) is 10.9. The van der Waals surface area contributed by atoms with Gasteiger partial charge in [-0.15, -0.1) is 0 Å². The quantitative estimate of drug-likeness (QED) is 0.201. The fraction of sp³-hybridized carbons (Fsp3) is 0.189. The molecule has 1 aliphatic rings. The summed E-state index contributed by atoms with van der Waals surface area (Å²) in [4.78, 5) is 14.4. The fourth-order valence-electron chi connectivity index (χ4n) is 6.25. The van der Waals surface area contributed by atoms with Gasteiger partial charge in [0.25, 0.3) is 0 Å². The van der Waals surface area contributed by atoms with Gasteiger partial charge >= 0.3 is 0 Å². The first kappa shape index (κ1) is 25.8. The maximum Gasteiger partial charge on any atom is 0.160 e. The van der Waals surface area contributed by atoms with Gasteiger partial charge in [0.05, 0.1) is 11.4 Å². The van der Waals surface area contributed by atoms with Gasteiger partial charge in [-0.05, 0) is 43.0 Å². The molecule has 0 saturated carbocycles. The number of nitrogens with zero attached hydrogens (tertiary/aromatic N) is 2. The summed E-state index contributed by atoms with van der Waals surface area (Å²) in [6.45, 7) is 4.37. The normalized spacial score (nSPS) is 18.6. The van der Waals surface area contributed by atoms with Crippen LogP contribution in [-0.4, -0.2) is 15.6 Å². The molecule has 0 radical (unpaired) electrons. The minimum atomic E-state index is -0.274. The molecule has 4 aromatic carbocycles. The number of fused-ring (bicyclic) bond motifs is 1. The molecule has 0 aliphatic heterocycles. The summed E-state index contributed by atoms with van der Waals surface area (Å²) in [6.07, 6.45) is 4.47. The Bertz CT molecular complexity index is 1600. The van der Waals surface area contributed by atoms with Gasteiger partial charge in [-0.25, -0.2) is 0 Å². The van der Waals surface area contributed by atoms with Crippen LogP contribution in [0, 0.1) is 5.92 Å². The van der Waals surface area contributed by atoms with Crippen LogP contribution in [0.25, 0.3) is 17.3 Å². The number of ketones is 1. The summed E-state index contributed by atoms with van der Waals surface area (Å²) in [5.74, 6) is -0.255. The van der Waals surface area contributed by atoms with Crippen LogP contribution in [0.5, 0.6) is 0 Å². The zero-order valence-corrected chi connectivity index (χ0v) is 23.0. The lowest BCUT2D eigenvalue weighted by Gasteiger charge is -2.37. The third kappa shape index (κ3) is 4.96. The van der Waals surface area contributed by atoms with E-state index in [0.717, 1.165) is 34.5 Å². The van der Waals surface area contributed by atoms with Gasteiger partial charge in [0.2, 0.25) is 0 Å². The highest BCUT2D eigenvalue weighted by atomic mass is 16.1. The Kier molecular flexibility index (Phi) is 7.29. The van der Waals surface area contributed by atoms with Crippen LogP contribution in [0.3, 0.4) is 0 Å². The van der Waals surface area contributed by atoms with Crippen LogP contribution in [0.2, 0.25) is 0 Å². The Labute approximate surface area is 236 Å². The molecule has 3 heteroatoms. The third-order valence-electron chi connectivity index (χ3n) is 8.03. The lowest BCUT2D eigenvalue weighted by molar-refractivity contribution is -0.119. The highest BCUT2D eigenvalue weighted by Gasteiger charge is 2.45. The van der Waals surface area contributed by atoms with Crippen LogP contribution in [0.15, 0.2) is 127 Å². The number of benzene rings is 4. The number of aromatic nitrogens is 2. The van der Waals surface area contributed by atoms with E-state index in [1.165, 1.54) is 11.1 Å². The standard InChI is InChI=1S/C37H34N2O/c1-26(2)39-37(30-21-13-6-14-22-30)36-32(38-39)25-31(28-17-9-4-10-18-28)35(34(36)29-19-11-5-12-20-29)33(40)24-23-27-15-7-3-8-16-27/h3-24,26,31,34-35H,25H2,1-2H3/b24-23+. The van der Waals surface area contributed by atoms with E-state index in [1.54, 1.807) is 6.08 Å². The summed E-state index contributed by atoms with van der Waals surface area (Å²) in [5, 5.41) is 5.25. The second-order valence-corrected chi connectivity index (χ2v) is 10.9. The van der Waals surface area contributed by atoms with Crippen LogP contribution < -0.4 is 0 Å². The van der Waals surface area contributed by atoms with Gasteiger partial charge in [-0.1, -0.05) is 127 Å². The highest BCUT2D eigenvalue weighted by molar-refractivity contribution is 5.97. The molecule has 0 spiro atoms. The van der Waals surface area contributed by atoms with E-state index in [1.807, 2.05) is 54.6 Å². The molecule has 3 nitrogen and oxygen atoms in total. The summed E-state index contributed by atoms with van der Waals surface area (Å²) >= 11 is 0. The van der Waals surface area contributed by atoms with Gasteiger partial charge in [-0.3, -0.25) is 9.48 Å². The van der Waals surface area contributed by atoms with Crippen molar-refractivity contribution in [2.75, 3.05) is 0 Å². The van der Waals surface area contributed by atoms with Gasteiger partial charge in [0, 0.05) is 34.9 Å². The van der Waals surface area contributed by atoms with Gasteiger partial charge in [-0.2, -0.15) is 5.10 Å². The summed E-state index contributed by atoms with van der Waals surface area (Å²) < 4.78 is 2.17. The average molecular weight is 523 g/mol. The summed E-state index contributed by atoms with van der Waals surface area (Å²) in [5.41, 5.74) is 7.89. The molecular formula is C37H34N2O. The largest absolute Gasteiger partial charge is 0.294 e. The molecule has 1 heterocycles. The molecule has 1 aliphatic carbocycles. The first-order chi connectivity index (χ1) is 19.6. The van der Waals surface area contributed by atoms with Crippen LogP contribution >= 0.6 is 0 Å². The Balaban J connectivity index is 1.59. The van der Waals surface area contributed by atoms with E-state index in [9.17, 15) is 4.79 Å². The predicted octanol–water partition coefficient (Wildman–Crippen LogP) is 8.50. The molecule has 0 amide bonds. The van der Waals surface area contributed by atoms with E-state index >= 15 is 0 Å². The van der Waals surface area contributed by atoms with E-state index in [4.69, 9.17) is 5.10 Å². The monoisotopic (exact) mass is 522 g/mol. The number of allylic oxidation sites excluding steroid dienone is 1. The number of hydrogen-bond donors (Lipinski definition) is 0. The Morgan fingerprint density at radius 3 is 1.93 bits per heavy atom. The maximum absolute atomic E-state index is 14.4. The molecule has 198 valence electrons. The second kappa shape index (κ2) is 11.3. The molecule has 0 fully saturated rings. The van der Waals surface area contributed by atoms with Gasteiger partial charge in [0.1, 0.15) is 0 Å². The van der Waals surface area contributed by atoms with Gasteiger partial charge in [0.15, 0.2) is 5.78 Å². The molecule has 40 heavy (non-hydrogen) atoms. The van der Waals surface area contributed by atoms with Crippen molar-refractivity contribution in [3.05, 3.63) is 155 Å². The van der Waals surface area contributed by atoms with Crippen molar-refractivity contribution < 1.29 is 4.79 Å². The average Bonchev–Trinajstić information content (AvgIpc) is 3.40. The lowest BCUT2D eigenvalue weighted by atomic mass is 9.64. The van der Waals surface area contributed by atoms with Crippen molar-refractivity contribution in [2.45, 2.75) is 38.1 Å². The summed E-state index contributed by atoms with van der Waals surface area (Å²) in [6, 6.07) is 41.8. The predicted molar refractivity (Wildman–Crippen MR) is 163 cm³/mol. The third-order valence-corrected chi connectivity index (χ3v) is 8.03. The molecule has 6 rings (SSSR count). The van der Waals surface area contributed by atoms with Crippen LogP contribution in [-0.2, 0) is 11.2 Å². The smallest absolute Gasteiger partial charge is 0.160 e. The Morgan fingerprint density at radius 2 is 1.32 bits per heavy atom. The molecule has 0 bridgehead atoms. The van der Waals surface area contributed by atoms with E-state index in [2.05, 4.69) is 91.3 Å². The topological polar surface area (TPSA) is 34.9 Å². The zero-order chi connectivity index (χ0) is 27.5. The minimum Gasteiger partial charge on any atom is -0.294 e. The Hall–Kier alpha value is -4.50. The van der Waals surface area contributed by atoms with Crippen molar-refractivity contribution in [1.82, 2.24) is 9.78 Å². The van der Waals surface area contributed by atoms with Crippen molar-refractivity contribution in [1.29, 1.82) is 0 Å². The van der Waals surface area contributed by atoms with E-state index in [-0.39, 0.29) is 29.6 Å². The number of hydrogen-bond acceptors (Lipinski definition) is 2. The Morgan fingerprint density at radius 1 is 0.775 bits per heavy atom. The first-order valence-electron chi connectivity index (χ1n) is 14.2. The molecule has 0 saturated heterocycles. The SMILES string of the molecule is CC(C)n1nc2c(c1-c1ccccc1)C(c1ccccc1)C(C(=O)/C=C/c1ccccc1)C(c1ccccc1)C2.